The molecule has 4 nitrogen and oxygen atoms in total. The van der Waals surface area contributed by atoms with E-state index in [2.05, 4.69) is 24.1 Å². The maximum absolute atomic E-state index is 11.8. The number of hydrogen-bond donors (Lipinski definition) is 2. The summed E-state index contributed by atoms with van der Waals surface area (Å²) >= 11 is 0. The summed E-state index contributed by atoms with van der Waals surface area (Å²) in [6, 6.07) is 0. The fraction of sp³-hybridized carbons (Fsp3) is 0.933. The number of amides is 1. The Kier molecular flexibility index (Phi) is 6.80. The van der Waals surface area contributed by atoms with E-state index in [1.54, 1.807) is 0 Å². The van der Waals surface area contributed by atoms with Gasteiger partial charge in [-0.25, -0.2) is 0 Å². The summed E-state index contributed by atoms with van der Waals surface area (Å²) in [6.45, 7) is 7.78. The van der Waals surface area contributed by atoms with Crippen molar-refractivity contribution in [3.05, 3.63) is 0 Å². The molecule has 0 heterocycles. The van der Waals surface area contributed by atoms with Gasteiger partial charge in [0.25, 0.3) is 0 Å². The lowest BCUT2D eigenvalue weighted by Crippen LogP contribution is -2.56. The van der Waals surface area contributed by atoms with Gasteiger partial charge in [0, 0.05) is 0 Å². The number of carbonyl (C=O) groups is 1. The molecule has 19 heavy (non-hydrogen) atoms. The van der Waals surface area contributed by atoms with Crippen LogP contribution in [0.4, 0.5) is 0 Å². The first kappa shape index (κ1) is 16.4. The van der Waals surface area contributed by atoms with E-state index >= 15 is 0 Å². The number of likely N-dealkylation sites (N-methyl/N-ethyl adjacent to an activating group) is 1. The Labute approximate surface area is 118 Å². The summed E-state index contributed by atoms with van der Waals surface area (Å²) in [5.74, 6) is 0.222. The number of primary amides is 1. The number of unbranched alkanes of at least 4 members (excludes halogenated alkanes) is 1. The quantitative estimate of drug-likeness (QED) is 0.670. The van der Waals surface area contributed by atoms with Crippen LogP contribution in [-0.2, 0) is 4.79 Å². The molecule has 1 saturated carbocycles. The summed E-state index contributed by atoms with van der Waals surface area (Å²) in [5, 5.41) is 3.22. The van der Waals surface area contributed by atoms with Crippen LogP contribution >= 0.6 is 0 Å². The normalized spacial score (nSPS) is 27.1. The van der Waals surface area contributed by atoms with Crippen molar-refractivity contribution < 1.29 is 4.79 Å². The molecule has 112 valence electrons. The minimum Gasteiger partial charge on any atom is -0.368 e. The predicted molar refractivity (Wildman–Crippen MR) is 80.0 cm³/mol. The number of carbonyl (C=O) groups excluding carboxylic acids is 1. The predicted octanol–water partition coefficient (Wildman–Crippen LogP) is 1.74. The Morgan fingerprint density at radius 3 is 2.68 bits per heavy atom. The van der Waals surface area contributed by atoms with E-state index in [9.17, 15) is 4.79 Å². The molecule has 1 amide bonds. The largest absolute Gasteiger partial charge is 0.368 e. The molecule has 0 aromatic heterocycles. The van der Waals surface area contributed by atoms with Crippen LogP contribution in [0.2, 0.25) is 0 Å². The third kappa shape index (κ3) is 3.93. The Balaban J connectivity index is 2.52. The molecule has 0 aromatic carbocycles. The van der Waals surface area contributed by atoms with Crippen molar-refractivity contribution in [2.45, 2.75) is 57.9 Å². The van der Waals surface area contributed by atoms with Crippen molar-refractivity contribution >= 4 is 5.91 Å². The zero-order valence-corrected chi connectivity index (χ0v) is 12.9. The molecule has 0 bridgehead atoms. The molecular formula is C15H31N3O. The number of rotatable bonds is 9. The molecule has 2 atom stereocenters. The smallest absolute Gasteiger partial charge is 0.238 e. The summed E-state index contributed by atoms with van der Waals surface area (Å²) in [5.41, 5.74) is 5.18. The van der Waals surface area contributed by atoms with Gasteiger partial charge in [0.15, 0.2) is 0 Å². The first-order valence-corrected chi connectivity index (χ1v) is 7.81. The van der Waals surface area contributed by atoms with Crippen molar-refractivity contribution in [1.29, 1.82) is 0 Å². The standard InChI is InChI=1S/C15H31N3O/c1-4-6-11-18(5-2)12-9-13-8-7-10-15(13,17-3)14(16)19/h13,17H,4-12H2,1-3H3,(H2,16,19). The zero-order valence-electron chi connectivity index (χ0n) is 12.9. The molecule has 0 spiro atoms. The third-order valence-corrected chi connectivity index (χ3v) is 4.78. The minimum absolute atomic E-state index is 0.172. The molecule has 1 aliphatic carbocycles. The second-order valence-electron chi connectivity index (χ2n) is 5.75. The van der Waals surface area contributed by atoms with Gasteiger partial charge < -0.3 is 16.0 Å². The minimum atomic E-state index is -0.454. The average molecular weight is 269 g/mol. The van der Waals surface area contributed by atoms with Crippen LogP contribution in [0.5, 0.6) is 0 Å². The van der Waals surface area contributed by atoms with Crippen LogP contribution in [-0.4, -0.2) is 43.0 Å². The molecule has 0 radical (unpaired) electrons. The van der Waals surface area contributed by atoms with E-state index < -0.39 is 5.54 Å². The van der Waals surface area contributed by atoms with Crippen LogP contribution in [0, 0.1) is 5.92 Å². The third-order valence-electron chi connectivity index (χ3n) is 4.78. The lowest BCUT2D eigenvalue weighted by Gasteiger charge is -2.33. The Morgan fingerprint density at radius 2 is 2.16 bits per heavy atom. The number of nitrogens with two attached hydrogens (primary N) is 1. The van der Waals surface area contributed by atoms with Crippen molar-refractivity contribution in [2.75, 3.05) is 26.7 Å². The summed E-state index contributed by atoms with van der Waals surface area (Å²) in [7, 11) is 1.87. The molecule has 0 saturated heterocycles. The summed E-state index contributed by atoms with van der Waals surface area (Å²) in [6.07, 6.45) is 6.68. The molecule has 4 heteroatoms. The van der Waals surface area contributed by atoms with E-state index in [0.29, 0.717) is 5.92 Å². The molecule has 3 N–H and O–H groups in total. The summed E-state index contributed by atoms with van der Waals surface area (Å²) in [4.78, 5) is 14.3. The highest BCUT2D eigenvalue weighted by Gasteiger charge is 2.46. The van der Waals surface area contributed by atoms with Crippen molar-refractivity contribution in [3.63, 3.8) is 0 Å². The van der Waals surface area contributed by atoms with Gasteiger partial charge in [-0.15, -0.1) is 0 Å². The van der Waals surface area contributed by atoms with Gasteiger partial charge >= 0.3 is 0 Å². The van der Waals surface area contributed by atoms with Gasteiger partial charge in [-0.3, -0.25) is 4.79 Å². The molecule has 1 aliphatic rings. The SMILES string of the molecule is CCCCN(CC)CCC1CCCC1(NC)C(N)=O. The molecule has 1 fully saturated rings. The molecule has 2 unspecified atom stereocenters. The van der Waals surface area contributed by atoms with Crippen LogP contribution < -0.4 is 11.1 Å². The first-order valence-electron chi connectivity index (χ1n) is 7.81. The van der Waals surface area contributed by atoms with E-state index in [0.717, 1.165) is 38.8 Å². The maximum atomic E-state index is 11.8. The molecule has 0 aliphatic heterocycles. The fourth-order valence-corrected chi connectivity index (χ4v) is 3.39. The average Bonchev–Trinajstić information content (AvgIpc) is 2.83. The number of nitrogens with zero attached hydrogens (tertiary/aromatic N) is 1. The van der Waals surface area contributed by atoms with Crippen LogP contribution in [0.15, 0.2) is 0 Å². The molecular weight excluding hydrogens is 238 g/mol. The topological polar surface area (TPSA) is 58.4 Å². The first-order chi connectivity index (χ1) is 9.10. The highest BCUT2D eigenvalue weighted by atomic mass is 16.1. The summed E-state index contributed by atoms with van der Waals surface area (Å²) < 4.78 is 0. The van der Waals surface area contributed by atoms with Crippen molar-refractivity contribution in [2.24, 2.45) is 11.7 Å². The van der Waals surface area contributed by atoms with Gasteiger partial charge in [-0.05, 0) is 58.3 Å². The Bertz CT molecular complexity index is 283. The van der Waals surface area contributed by atoms with Crippen LogP contribution in [0.1, 0.15) is 52.4 Å². The highest BCUT2D eigenvalue weighted by Crippen LogP contribution is 2.37. The zero-order chi connectivity index (χ0) is 14.3. The monoisotopic (exact) mass is 269 g/mol. The van der Waals surface area contributed by atoms with Gasteiger partial charge in [0.1, 0.15) is 5.54 Å². The van der Waals surface area contributed by atoms with Crippen molar-refractivity contribution in [3.8, 4) is 0 Å². The van der Waals surface area contributed by atoms with Crippen LogP contribution in [0.3, 0.4) is 0 Å². The lowest BCUT2D eigenvalue weighted by atomic mass is 9.84. The van der Waals surface area contributed by atoms with Crippen LogP contribution in [0.25, 0.3) is 0 Å². The van der Waals surface area contributed by atoms with Gasteiger partial charge in [0.2, 0.25) is 5.91 Å². The van der Waals surface area contributed by atoms with E-state index in [-0.39, 0.29) is 5.91 Å². The number of hydrogen-bond acceptors (Lipinski definition) is 3. The second-order valence-corrected chi connectivity index (χ2v) is 5.75. The Hall–Kier alpha value is -0.610. The highest BCUT2D eigenvalue weighted by molar-refractivity contribution is 5.85. The van der Waals surface area contributed by atoms with Crippen molar-refractivity contribution in [1.82, 2.24) is 10.2 Å². The lowest BCUT2D eigenvalue weighted by molar-refractivity contribution is -0.125. The molecule has 0 aromatic rings. The molecule has 1 rings (SSSR count). The Morgan fingerprint density at radius 1 is 1.42 bits per heavy atom. The van der Waals surface area contributed by atoms with Gasteiger partial charge in [-0.1, -0.05) is 26.7 Å². The van der Waals surface area contributed by atoms with E-state index in [1.807, 2.05) is 7.05 Å². The fourth-order valence-electron chi connectivity index (χ4n) is 3.39. The van der Waals surface area contributed by atoms with Gasteiger partial charge in [0.05, 0.1) is 0 Å². The van der Waals surface area contributed by atoms with Gasteiger partial charge in [-0.2, -0.15) is 0 Å². The van der Waals surface area contributed by atoms with E-state index in [4.69, 9.17) is 5.73 Å². The maximum Gasteiger partial charge on any atom is 0.238 e. The second kappa shape index (κ2) is 7.85. The number of nitrogens with one attached hydrogen (secondary N) is 1. The van der Waals surface area contributed by atoms with E-state index in [1.165, 1.54) is 19.4 Å².